The largest absolute Gasteiger partial charge is 0.462 e. The molecule has 0 saturated carbocycles. The highest BCUT2D eigenvalue weighted by Crippen LogP contribution is 2.17. The third kappa shape index (κ3) is 41.5. The van der Waals surface area contributed by atoms with E-state index in [0.29, 0.717) is 19.3 Å². The van der Waals surface area contributed by atoms with Gasteiger partial charge in [0.1, 0.15) is 6.10 Å². The van der Waals surface area contributed by atoms with E-state index in [1.165, 1.54) is 77.0 Å². The lowest BCUT2D eigenvalue weighted by Gasteiger charge is -2.24. The summed E-state index contributed by atoms with van der Waals surface area (Å²) in [5.41, 5.74) is 0. The highest BCUT2D eigenvalue weighted by Gasteiger charge is 2.24. The summed E-state index contributed by atoms with van der Waals surface area (Å²) in [7, 11) is 0. The first kappa shape index (κ1) is 56.8. The van der Waals surface area contributed by atoms with Crippen LogP contribution >= 0.6 is 0 Å². The summed E-state index contributed by atoms with van der Waals surface area (Å²) in [4.78, 5) is 26.0. The van der Waals surface area contributed by atoms with Gasteiger partial charge in [0.15, 0.2) is 0 Å². The number of unbranched alkanes of at least 4 members (excludes halogenated alkanes) is 18. The highest BCUT2D eigenvalue weighted by molar-refractivity contribution is 5.77. The summed E-state index contributed by atoms with van der Waals surface area (Å²) in [5.74, 6) is -0.593. The maximum atomic E-state index is 13.2. The monoisotopic (exact) mass is 834 g/mol. The van der Waals surface area contributed by atoms with Gasteiger partial charge in [0, 0.05) is 6.42 Å². The Balaban J connectivity index is 4.78. The molecule has 0 fully saturated rings. The molecule has 0 spiro atoms. The first-order chi connectivity index (χ1) is 29.5. The van der Waals surface area contributed by atoms with Crippen LogP contribution in [0.4, 0.5) is 0 Å². The summed E-state index contributed by atoms with van der Waals surface area (Å²) >= 11 is 0. The Bertz CT molecular complexity index is 1210. The second kappa shape index (κ2) is 46.8. The summed E-state index contributed by atoms with van der Waals surface area (Å²) in [6, 6.07) is -0.728. The van der Waals surface area contributed by atoms with E-state index in [2.05, 4.69) is 68.6 Å². The molecule has 6 heteroatoms. The van der Waals surface area contributed by atoms with Crippen molar-refractivity contribution in [3.63, 3.8) is 0 Å². The summed E-state index contributed by atoms with van der Waals surface area (Å²) in [5, 5.41) is 23.7. The van der Waals surface area contributed by atoms with E-state index in [0.717, 1.165) is 77.0 Å². The standard InChI is InChI=1S/C54H91NO5/c1-4-7-10-13-16-19-22-24-25-26-27-29-31-33-36-39-42-45-50(60-54(59)47-44-41-38-35-32-28-23-20-17-14-11-8-5-2)48-53(58)55-51(49-56)52(57)46-43-40-37-34-30-21-18-15-12-9-6-3/h8,11,14,16-17,19-20,23-25,27-29,32,35,38,50-52,56-57H,4-7,9-10,12-13,15,18,21-22,26,30-31,33-34,36-37,39-49H2,1-3H3,(H,55,58)/b11-8+,17-14+,19-16-,23-20-,25-24-,29-27-,32-28-,38-35+. The fraction of sp³-hybridized carbons (Fsp3) is 0.667. The zero-order valence-corrected chi connectivity index (χ0v) is 38.8. The number of amides is 1. The van der Waals surface area contributed by atoms with Crippen LogP contribution in [0.2, 0.25) is 0 Å². The lowest BCUT2D eigenvalue weighted by molar-refractivity contribution is -0.151. The third-order valence-corrected chi connectivity index (χ3v) is 10.5. The molecule has 0 saturated heterocycles. The number of hydrogen-bond donors (Lipinski definition) is 3. The van der Waals surface area contributed by atoms with E-state index in [1.54, 1.807) is 0 Å². The Morgan fingerprint density at radius 1 is 0.517 bits per heavy atom. The van der Waals surface area contributed by atoms with Crippen LogP contribution < -0.4 is 5.32 Å². The molecule has 342 valence electrons. The number of aliphatic hydroxyl groups excluding tert-OH is 2. The molecule has 0 aliphatic rings. The topological polar surface area (TPSA) is 95.9 Å². The Kier molecular flexibility index (Phi) is 44.3. The first-order valence-corrected chi connectivity index (χ1v) is 24.5. The van der Waals surface area contributed by atoms with Crippen LogP contribution in [0.15, 0.2) is 97.2 Å². The maximum absolute atomic E-state index is 13.2. The number of rotatable bonds is 42. The van der Waals surface area contributed by atoms with Crippen molar-refractivity contribution < 1.29 is 24.5 Å². The van der Waals surface area contributed by atoms with Crippen LogP contribution in [0, 0.1) is 0 Å². The molecule has 0 aliphatic heterocycles. The van der Waals surface area contributed by atoms with Crippen LogP contribution in [0.5, 0.6) is 0 Å². The van der Waals surface area contributed by atoms with Crippen molar-refractivity contribution >= 4 is 11.9 Å². The van der Waals surface area contributed by atoms with Crippen molar-refractivity contribution in [2.24, 2.45) is 0 Å². The smallest absolute Gasteiger partial charge is 0.306 e. The Labute approximate surface area is 369 Å². The van der Waals surface area contributed by atoms with Gasteiger partial charge in [-0.1, -0.05) is 214 Å². The minimum atomic E-state index is -0.811. The number of nitrogens with one attached hydrogen (secondary N) is 1. The molecule has 3 N–H and O–H groups in total. The molecule has 0 rings (SSSR count). The van der Waals surface area contributed by atoms with Gasteiger partial charge in [-0.25, -0.2) is 0 Å². The molecular weight excluding hydrogens is 743 g/mol. The van der Waals surface area contributed by atoms with E-state index in [1.807, 2.05) is 54.7 Å². The molecule has 0 aromatic rings. The van der Waals surface area contributed by atoms with E-state index in [4.69, 9.17) is 4.74 Å². The van der Waals surface area contributed by atoms with Crippen molar-refractivity contribution in [2.45, 2.75) is 225 Å². The quantitative estimate of drug-likeness (QED) is 0.0246. The van der Waals surface area contributed by atoms with E-state index >= 15 is 0 Å². The van der Waals surface area contributed by atoms with Gasteiger partial charge in [0.05, 0.1) is 25.2 Å². The van der Waals surface area contributed by atoms with E-state index in [-0.39, 0.29) is 31.3 Å². The maximum Gasteiger partial charge on any atom is 0.306 e. The lowest BCUT2D eigenvalue weighted by atomic mass is 10.0. The van der Waals surface area contributed by atoms with Crippen molar-refractivity contribution in [1.82, 2.24) is 5.32 Å². The van der Waals surface area contributed by atoms with Crippen LogP contribution in [-0.2, 0) is 14.3 Å². The van der Waals surface area contributed by atoms with Gasteiger partial charge in [-0.2, -0.15) is 0 Å². The lowest BCUT2D eigenvalue weighted by Crippen LogP contribution is -2.46. The predicted molar refractivity (Wildman–Crippen MR) is 259 cm³/mol. The van der Waals surface area contributed by atoms with Crippen molar-refractivity contribution in [1.29, 1.82) is 0 Å². The molecule has 0 aliphatic carbocycles. The summed E-state index contributed by atoms with van der Waals surface area (Å²) in [6.07, 6.45) is 61.8. The van der Waals surface area contributed by atoms with Crippen LogP contribution in [-0.4, -0.2) is 46.9 Å². The van der Waals surface area contributed by atoms with Gasteiger partial charge >= 0.3 is 5.97 Å². The number of carbonyl (C=O) groups is 2. The second-order valence-corrected chi connectivity index (χ2v) is 16.2. The van der Waals surface area contributed by atoms with Crippen molar-refractivity contribution in [3.8, 4) is 0 Å². The van der Waals surface area contributed by atoms with Crippen LogP contribution in [0.3, 0.4) is 0 Å². The Morgan fingerprint density at radius 2 is 0.967 bits per heavy atom. The third-order valence-electron chi connectivity index (χ3n) is 10.5. The molecule has 0 heterocycles. The molecule has 6 nitrogen and oxygen atoms in total. The van der Waals surface area contributed by atoms with E-state index < -0.39 is 18.2 Å². The SMILES string of the molecule is CC/C=C/C=C/C=C\C=C/C=C/CCCC(=O)OC(CCCCCC/C=C\C/C=C\C/C=C\CCCCC)CC(=O)NC(CO)C(O)CCCCCCCCCCCCC. The summed E-state index contributed by atoms with van der Waals surface area (Å²) in [6.45, 7) is 6.26. The van der Waals surface area contributed by atoms with Crippen LogP contribution in [0.25, 0.3) is 0 Å². The minimum Gasteiger partial charge on any atom is -0.462 e. The fourth-order valence-electron chi connectivity index (χ4n) is 6.82. The Morgan fingerprint density at radius 3 is 1.53 bits per heavy atom. The predicted octanol–water partition coefficient (Wildman–Crippen LogP) is 14.6. The average Bonchev–Trinajstić information content (AvgIpc) is 3.24. The van der Waals surface area contributed by atoms with Gasteiger partial charge in [-0.3, -0.25) is 9.59 Å². The number of allylic oxidation sites excluding steroid dienone is 16. The highest BCUT2D eigenvalue weighted by atomic mass is 16.5. The van der Waals surface area contributed by atoms with Gasteiger partial charge < -0.3 is 20.3 Å². The average molecular weight is 834 g/mol. The van der Waals surface area contributed by atoms with Gasteiger partial charge in [-0.15, -0.1) is 0 Å². The zero-order valence-electron chi connectivity index (χ0n) is 38.8. The first-order valence-electron chi connectivity index (χ1n) is 24.5. The number of carbonyl (C=O) groups excluding carboxylic acids is 2. The van der Waals surface area contributed by atoms with Gasteiger partial charge in [-0.05, 0) is 77.0 Å². The normalized spacial score (nSPS) is 14.2. The minimum absolute atomic E-state index is 0.0284. The molecule has 3 unspecified atom stereocenters. The number of aliphatic hydroxyl groups is 2. The Hall–Kier alpha value is -3.22. The molecule has 0 radical (unpaired) electrons. The molecule has 0 aromatic carbocycles. The number of ether oxygens (including phenoxy) is 1. The molecule has 0 aromatic heterocycles. The molecular formula is C54H91NO5. The van der Waals surface area contributed by atoms with Gasteiger partial charge in [0.25, 0.3) is 0 Å². The fourth-order valence-corrected chi connectivity index (χ4v) is 6.82. The van der Waals surface area contributed by atoms with Crippen LogP contribution in [0.1, 0.15) is 207 Å². The molecule has 0 bridgehead atoms. The molecule has 3 atom stereocenters. The number of esters is 1. The zero-order chi connectivity index (χ0) is 43.8. The van der Waals surface area contributed by atoms with Gasteiger partial charge in [0.2, 0.25) is 5.91 Å². The van der Waals surface area contributed by atoms with E-state index in [9.17, 15) is 19.8 Å². The van der Waals surface area contributed by atoms with Crippen molar-refractivity contribution in [3.05, 3.63) is 97.2 Å². The number of hydrogen-bond acceptors (Lipinski definition) is 5. The molecule has 60 heavy (non-hydrogen) atoms. The second-order valence-electron chi connectivity index (χ2n) is 16.2. The van der Waals surface area contributed by atoms with Crippen molar-refractivity contribution in [2.75, 3.05) is 6.61 Å². The summed E-state index contributed by atoms with van der Waals surface area (Å²) < 4.78 is 5.87. The molecule has 1 amide bonds.